The average Bonchev–Trinajstić information content (AvgIpc) is 2.87. The molecule has 0 bridgehead atoms. The number of benzene rings is 1. The van der Waals surface area contributed by atoms with E-state index in [2.05, 4.69) is 6.58 Å². The maximum atomic E-state index is 12.9. The predicted molar refractivity (Wildman–Crippen MR) is 83.0 cm³/mol. The van der Waals surface area contributed by atoms with Crippen molar-refractivity contribution in [2.75, 3.05) is 32.2 Å². The summed E-state index contributed by atoms with van der Waals surface area (Å²) in [5.41, 5.74) is 1.56. The minimum atomic E-state index is -0.581. The van der Waals surface area contributed by atoms with E-state index in [-0.39, 0.29) is 30.0 Å². The van der Waals surface area contributed by atoms with Gasteiger partial charge in [0.05, 0.1) is 38.1 Å². The molecule has 1 unspecified atom stereocenters. The number of rotatable bonds is 1. The van der Waals surface area contributed by atoms with E-state index < -0.39 is 6.09 Å². The molecule has 2 aliphatic heterocycles. The van der Waals surface area contributed by atoms with Crippen LogP contribution in [-0.2, 0) is 4.74 Å². The number of aromatic hydroxyl groups is 1. The molecule has 7 nitrogen and oxygen atoms in total. The van der Waals surface area contributed by atoms with Crippen molar-refractivity contribution in [2.45, 2.75) is 12.5 Å². The van der Waals surface area contributed by atoms with Gasteiger partial charge < -0.3 is 19.5 Å². The molecule has 1 saturated heterocycles. The lowest BCUT2D eigenvalue weighted by molar-refractivity contribution is 0.0750. The number of hydrogen-bond acceptors (Lipinski definition) is 5. The first-order valence-electron chi connectivity index (χ1n) is 7.20. The molecule has 0 aliphatic carbocycles. The second-order valence-corrected chi connectivity index (χ2v) is 5.66. The summed E-state index contributed by atoms with van der Waals surface area (Å²) in [6.45, 7) is 4.69. The summed E-state index contributed by atoms with van der Waals surface area (Å²) in [6, 6.07) is 2.65. The number of nitrogens with zero attached hydrogens (tertiary/aromatic N) is 2. The van der Waals surface area contributed by atoms with Gasteiger partial charge in [-0.1, -0.05) is 12.2 Å². The van der Waals surface area contributed by atoms with Gasteiger partial charge in [-0.2, -0.15) is 0 Å². The third kappa shape index (κ3) is 2.38. The molecule has 1 aromatic carbocycles. The lowest BCUT2D eigenvalue weighted by atomic mass is 10.1. The number of methoxy groups -OCH3 is 2. The number of hydrogen-bond donors (Lipinski definition) is 1. The van der Waals surface area contributed by atoms with Gasteiger partial charge in [0.15, 0.2) is 11.5 Å². The largest absolute Gasteiger partial charge is 0.504 e. The third-order valence-corrected chi connectivity index (χ3v) is 4.23. The number of phenolic OH excluding ortho intramolecular Hbond substituents is 1. The van der Waals surface area contributed by atoms with Crippen molar-refractivity contribution < 1.29 is 24.2 Å². The molecule has 0 aromatic heterocycles. The second-order valence-electron chi connectivity index (χ2n) is 5.66. The smallest absolute Gasteiger partial charge is 0.414 e. The van der Waals surface area contributed by atoms with Crippen LogP contribution in [0.4, 0.5) is 10.5 Å². The van der Waals surface area contributed by atoms with Crippen LogP contribution < -0.4 is 9.64 Å². The van der Waals surface area contributed by atoms with Gasteiger partial charge in [0.2, 0.25) is 0 Å². The van der Waals surface area contributed by atoms with E-state index in [1.807, 2.05) is 0 Å². The van der Waals surface area contributed by atoms with Crippen LogP contribution in [-0.4, -0.2) is 55.4 Å². The number of phenols is 1. The summed E-state index contributed by atoms with van der Waals surface area (Å²) < 4.78 is 9.91. The molecule has 2 aliphatic rings. The third-order valence-electron chi connectivity index (χ3n) is 4.23. The fourth-order valence-electron chi connectivity index (χ4n) is 3.14. The molecule has 7 heteroatoms. The fourth-order valence-corrected chi connectivity index (χ4v) is 3.14. The SMILES string of the molecule is C=C1CC2CN(C(=O)OC)c3cc(O)c(OC)cc3C(=O)N2C1. The zero-order chi connectivity index (χ0) is 16.7. The Bertz CT molecular complexity index is 700. The molecular formula is C16H18N2O5. The van der Waals surface area contributed by atoms with Crippen LogP contribution in [0, 0.1) is 0 Å². The normalized spacial score (nSPS) is 20.0. The highest BCUT2D eigenvalue weighted by Crippen LogP contribution is 2.39. The van der Waals surface area contributed by atoms with E-state index in [9.17, 15) is 14.7 Å². The highest BCUT2D eigenvalue weighted by molar-refractivity contribution is 6.05. The summed E-state index contributed by atoms with van der Waals surface area (Å²) >= 11 is 0. The van der Waals surface area contributed by atoms with Crippen LogP contribution >= 0.6 is 0 Å². The Kier molecular flexibility index (Phi) is 3.63. The summed E-state index contributed by atoms with van der Waals surface area (Å²) in [4.78, 5) is 28.1. The van der Waals surface area contributed by atoms with Gasteiger partial charge in [-0.15, -0.1) is 0 Å². The lowest BCUT2D eigenvalue weighted by Crippen LogP contribution is -2.42. The Labute approximate surface area is 133 Å². The standard InChI is InChI=1S/C16H18N2O5/c1-9-4-10-8-18(16(21)23-3)12-6-13(19)14(22-2)5-11(12)15(20)17(10)7-9/h5-6,10,19H,1,4,7-8H2,2-3H3. The number of anilines is 1. The molecule has 1 N–H and O–H groups in total. The van der Waals surface area contributed by atoms with Crippen molar-refractivity contribution in [3.8, 4) is 11.5 Å². The van der Waals surface area contributed by atoms with Gasteiger partial charge in [-0.25, -0.2) is 4.79 Å². The highest BCUT2D eigenvalue weighted by Gasteiger charge is 2.40. The zero-order valence-electron chi connectivity index (χ0n) is 13.0. The Balaban J connectivity index is 2.17. The first-order valence-corrected chi connectivity index (χ1v) is 7.20. The molecule has 0 spiro atoms. The molecule has 3 rings (SSSR count). The van der Waals surface area contributed by atoms with Crippen molar-refractivity contribution in [3.05, 3.63) is 29.8 Å². The van der Waals surface area contributed by atoms with Gasteiger partial charge in [0.1, 0.15) is 0 Å². The van der Waals surface area contributed by atoms with Gasteiger partial charge in [-0.05, 0) is 12.5 Å². The van der Waals surface area contributed by atoms with Crippen molar-refractivity contribution in [3.63, 3.8) is 0 Å². The van der Waals surface area contributed by atoms with Gasteiger partial charge >= 0.3 is 6.09 Å². The summed E-state index contributed by atoms with van der Waals surface area (Å²) in [5.74, 6) is -0.175. The van der Waals surface area contributed by atoms with Crippen LogP contribution in [0.3, 0.4) is 0 Å². The van der Waals surface area contributed by atoms with E-state index in [1.54, 1.807) is 4.90 Å². The van der Waals surface area contributed by atoms with E-state index in [0.717, 1.165) is 5.57 Å². The summed E-state index contributed by atoms with van der Waals surface area (Å²) in [5, 5.41) is 10.0. The minimum absolute atomic E-state index is 0.139. The number of ether oxygens (including phenoxy) is 2. The Hall–Kier alpha value is -2.70. The molecule has 1 fully saturated rings. The van der Waals surface area contributed by atoms with Crippen LogP contribution in [0.25, 0.3) is 0 Å². The number of carbonyl (C=O) groups is 2. The maximum absolute atomic E-state index is 12.9. The molecule has 0 saturated carbocycles. The molecule has 2 heterocycles. The monoisotopic (exact) mass is 318 g/mol. The van der Waals surface area contributed by atoms with Crippen molar-refractivity contribution in [2.24, 2.45) is 0 Å². The second kappa shape index (κ2) is 5.49. The molecule has 2 amide bonds. The van der Waals surface area contributed by atoms with Gasteiger partial charge in [-0.3, -0.25) is 9.69 Å². The lowest BCUT2D eigenvalue weighted by Gasteiger charge is -2.25. The fraction of sp³-hybridized carbons (Fsp3) is 0.375. The van der Waals surface area contributed by atoms with Crippen molar-refractivity contribution in [1.29, 1.82) is 0 Å². The summed E-state index contributed by atoms with van der Waals surface area (Å²) in [7, 11) is 2.69. The Morgan fingerprint density at radius 2 is 2.13 bits per heavy atom. The van der Waals surface area contributed by atoms with Gasteiger partial charge in [0, 0.05) is 12.6 Å². The van der Waals surface area contributed by atoms with Crippen LogP contribution in [0.5, 0.6) is 11.5 Å². The molecule has 122 valence electrons. The van der Waals surface area contributed by atoms with Gasteiger partial charge in [0.25, 0.3) is 5.91 Å². The molecule has 1 atom stereocenters. The van der Waals surface area contributed by atoms with E-state index in [4.69, 9.17) is 9.47 Å². The molecule has 0 radical (unpaired) electrons. The number of carbonyl (C=O) groups excluding carboxylic acids is 2. The first kappa shape index (κ1) is 15.2. The number of fused-ring (bicyclic) bond motifs is 2. The minimum Gasteiger partial charge on any atom is -0.504 e. The Morgan fingerprint density at radius 3 is 2.78 bits per heavy atom. The Morgan fingerprint density at radius 1 is 1.39 bits per heavy atom. The topological polar surface area (TPSA) is 79.3 Å². The molecular weight excluding hydrogens is 300 g/mol. The van der Waals surface area contributed by atoms with Crippen LogP contribution in [0.1, 0.15) is 16.8 Å². The molecule has 23 heavy (non-hydrogen) atoms. The van der Waals surface area contributed by atoms with Crippen molar-refractivity contribution in [1.82, 2.24) is 4.90 Å². The first-order chi connectivity index (χ1) is 11.0. The van der Waals surface area contributed by atoms with Crippen LogP contribution in [0.15, 0.2) is 24.3 Å². The quantitative estimate of drug-likeness (QED) is 0.798. The van der Waals surface area contributed by atoms with E-state index in [1.165, 1.54) is 31.3 Å². The summed E-state index contributed by atoms with van der Waals surface area (Å²) in [6.07, 6.45) is 0.0547. The molecule has 1 aromatic rings. The predicted octanol–water partition coefficient (Wildman–Crippen LogP) is 1.76. The van der Waals surface area contributed by atoms with E-state index in [0.29, 0.717) is 24.2 Å². The van der Waals surface area contributed by atoms with Crippen molar-refractivity contribution >= 4 is 17.7 Å². The maximum Gasteiger partial charge on any atom is 0.414 e. The number of amides is 2. The zero-order valence-corrected chi connectivity index (χ0v) is 13.0. The average molecular weight is 318 g/mol. The highest BCUT2D eigenvalue weighted by atomic mass is 16.5. The van der Waals surface area contributed by atoms with Crippen LogP contribution in [0.2, 0.25) is 0 Å². The van der Waals surface area contributed by atoms with E-state index >= 15 is 0 Å².